The summed E-state index contributed by atoms with van der Waals surface area (Å²) < 4.78 is 89.4. The van der Waals surface area contributed by atoms with E-state index in [9.17, 15) is 30.7 Å². The maximum Gasteiger partial charge on any atom is 0.434 e. The second kappa shape index (κ2) is 4.54. The van der Waals surface area contributed by atoms with Crippen LogP contribution in [0.4, 0.5) is 36.4 Å². The summed E-state index contributed by atoms with van der Waals surface area (Å²) in [6, 6.07) is 1.92. The number of nitrogen functional groups attached to an aromatic ring is 1. The highest BCUT2D eigenvalue weighted by Gasteiger charge is 2.59. The van der Waals surface area contributed by atoms with E-state index in [1.54, 1.807) is 0 Å². The number of halogens is 7. The zero-order chi connectivity index (χ0) is 14.1. The second-order valence-electron chi connectivity index (χ2n) is 3.26. The first kappa shape index (κ1) is 14.4. The Morgan fingerprint density at radius 3 is 1.94 bits per heavy atom. The van der Waals surface area contributed by atoms with Crippen molar-refractivity contribution in [2.45, 2.75) is 18.5 Å². The molecule has 0 spiro atoms. The third-order valence-electron chi connectivity index (χ3n) is 1.82. The minimum absolute atomic E-state index is 0.347. The molecule has 0 fully saturated rings. The van der Waals surface area contributed by atoms with Gasteiger partial charge in [0.25, 0.3) is 6.10 Å². The van der Waals surface area contributed by atoms with Gasteiger partial charge in [0.05, 0.1) is 5.69 Å². The fraction of sp³-hybridized carbons (Fsp3) is 0.333. The van der Waals surface area contributed by atoms with Crippen molar-refractivity contribution in [2.75, 3.05) is 5.73 Å². The highest BCUT2D eigenvalue weighted by molar-refractivity contribution is 5.52. The molecule has 1 aromatic carbocycles. The lowest BCUT2D eigenvalue weighted by Crippen LogP contribution is -2.46. The minimum atomic E-state index is -5.68. The molecule has 0 amide bonds. The van der Waals surface area contributed by atoms with E-state index in [-0.39, 0.29) is 0 Å². The Bertz CT molecular complexity index is 412. The smallest absolute Gasteiger partial charge is 0.434 e. The van der Waals surface area contributed by atoms with Gasteiger partial charge in [0, 0.05) is 6.07 Å². The summed E-state index contributed by atoms with van der Waals surface area (Å²) in [5.41, 5.74) is 4.57. The number of anilines is 1. The molecule has 18 heavy (non-hydrogen) atoms. The molecule has 1 rings (SSSR count). The maximum atomic E-state index is 12.7. The van der Waals surface area contributed by atoms with Gasteiger partial charge in [0.1, 0.15) is 11.6 Å². The molecule has 0 aliphatic heterocycles. The molecule has 0 heterocycles. The van der Waals surface area contributed by atoms with Gasteiger partial charge in [-0.25, -0.2) is 4.39 Å². The predicted molar refractivity (Wildman–Crippen MR) is 47.3 cm³/mol. The highest BCUT2D eigenvalue weighted by atomic mass is 19.4. The molecule has 2 nitrogen and oxygen atoms in total. The van der Waals surface area contributed by atoms with Crippen LogP contribution in [-0.2, 0) is 0 Å². The largest absolute Gasteiger partial charge is 0.469 e. The van der Waals surface area contributed by atoms with Crippen LogP contribution in [0.15, 0.2) is 18.2 Å². The van der Waals surface area contributed by atoms with E-state index in [4.69, 9.17) is 5.73 Å². The molecule has 9 heteroatoms. The third kappa shape index (κ3) is 3.41. The van der Waals surface area contributed by atoms with Crippen molar-refractivity contribution in [3.63, 3.8) is 0 Å². The standard InChI is InChI=1S/C9H6F7NO/c10-4-1-2-5(17)6(3-4)18-7(8(11,12)13)9(14,15)16/h1-3,7H,17H2. The van der Waals surface area contributed by atoms with E-state index < -0.39 is 35.7 Å². The molecule has 2 N–H and O–H groups in total. The number of hydrogen-bond donors (Lipinski definition) is 1. The van der Waals surface area contributed by atoms with Crippen LogP contribution in [0.1, 0.15) is 0 Å². The predicted octanol–water partition coefficient (Wildman–Crippen LogP) is 3.28. The third-order valence-corrected chi connectivity index (χ3v) is 1.82. The lowest BCUT2D eigenvalue weighted by atomic mass is 10.2. The van der Waals surface area contributed by atoms with E-state index in [1.165, 1.54) is 0 Å². The van der Waals surface area contributed by atoms with Crippen molar-refractivity contribution in [3.05, 3.63) is 24.0 Å². The van der Waals surface area contributed by atoms with Gasteiger partial charge < -0.3 is 10.5 Å². The topological polar surface area (TPSA) is 35.2 Å². The first-order valence-corrected chi connectivity index (χ1v) is 4.37. The van der Waals surface area contributed by atoms with Gasteiger partial charge in [0.15, 0.2) is 0 Å². The number of nitrogens with two attached hydrogens (primary N) is 1. The van der Waals surface area contributed by atoms with Crippen molar-refractivity contribution < 1.29 is 35.5 Å². The van der Waals surface area contributed by atoms with E-state index in [0.29, 0.717) is 6.07 Å². The Morgan fingerprint density at radius 2 is 1.50 bits per heavy atom. The Labute approximate surface area is 96.1 Å². The lowest BCUT2D eigenvalue weighted by Gasteiger charge is -2.24. The second-order valence-corrected chi connectivity index (χ2v) is 3.26. The van der Waals surface area contributed by atoms with Crippen LogP contribution in [0.3, 0.4) is 0 Å². The number of benzene rings is 1. The summed E-state index contributed by atoms with van der Waals surface area (Å²) in [6.07, 6.45) is -15.4. The average Bonchev–Trinajstić information content (AvgIpc) is 2.15. The van der Waals surface area contributed by atoms with Crippen LogP contribution in [-0.4, -0.2) is 18.5 Å². The van der Waals surface area contributed by atoms with Crippen LogP contribution in [0.25, 0.3) is 0 Å². The van der Waals surface area contributed by atoms with Crippen LogP contribution in [0.5, 0.6) is 5.75 Å². The molecule has 0 aliphatic rings. The summed E-state index contributed by atoms with van der Waals surface area (Å²) in [7, 11) is 0. The summed E-state index contributed by atoms with van der Waals surface area (Å²) in [4.78, 5) is 0. The van der Waals surface area contributed by atoms with Crippen molar-refractivity contribution >= 4 is 5.69 Å². The Hall–Kier alpha value is -1.67. The summed E-state index contributed by atoms with van der Waals surface area (Å²) in [5, 5.41) is 0. The molecule has 0 saturated carbocycles. The minimum Gasteiger partial charge on any atom is -0.469 e. The van der Waals surface area contributed by atoms with Gasteiger partial charge in [0.2, 0.25) is 0 Å². The number of alkyl halides is 6. The zero-order valence-corrected chi connectivity index (χ0v) is 8.44. The molecule has 0 radical (unpaired) electrons. The first-order valence-electron chi connectivity index (χ1n) is 4.37. The van der Waals surface area contributed by atoms with Gasteiger partial charge >= 0.3 is 12.4 Å². The van der Waals surface area contributed by atoms with E-state index >= 15 is 0 Å². The molecule has 0 aliphatic carbocycles. The Balaban J connectivity index is 3.08. The Morgan fingerprint density at radius 1 is 1.00 bits per heavy atom. The lowest BCUT2D eigenvalue weighted by molar-refractivity contribution is -0.299. The highest BCUT2D eigenvalue weighted by Crippen LogP contribution is 2.37. The fourth-order valence-corrected chi connectivity index (χ4v) is 1.06. The van der Waals surface area contributed by atoms with E-state index in [2.05, 4.69) is 4.74 Å². The number of hydrogen-bond acceptors (Lipinski definition) is 2. The molecule has 0 saturated heterocycles. The van der Waals surface area contributed by atoms with Crippen molar-refractivity contribution in [3.8, 4) is 5.75 Å². The number of rotatable bonds is 2. The van der Waals surface area contributed by atoms with Gasteiger partial charge in [-0.15, -0.1) is 0 Å². The maximum absolute atomic E-state index is 12.7. The molecule has 0 bridgehead atoms. The molecule has 102 valence electrons. The van der Waals surface area contributed by atoms with Crippen LogP contribution < -0.4 is 10.5 Å². The van der Waals surface area contributed by atoms with Crippen LogP contribution >= 0.6 is 0 Å². The molecule has 0 aromatic heterocycles. The monoisotopic (exact) mass is 277 g/mol. The average molecular weight is 277 g/mol. The van der Waals surface area contributed by atoms with Crippen LogP contribution in [0, 0.1) is 5.82 Å². The Kier molecular flexibility index (Phi) is 3.63. The molecular weight excluding hydrogens is 271 g/mol. The summed E-state index contributed by atoms with van der Waals surface area (Å²) in [5.74, 6) is -2.09. The first-order chi connectivity index (χ1) is 8.01. The molecular formula is C9H6F7NO. The van der Waals surface area contributed by atoms with Gasteiger partial charge in [-0.3, -0.25) is 0 Å². The summed E-state index contributed by atoms with van der Waals surface area (Å²) in [6.45, 7) is 0. The normalized spacial score (nSPS) is 12.9. The van der Waals surface area contributed by atoms with Crippen LogP contribution in [0.2, 0.25) is 0 Å². The number of ether oxygens (including phenoxy) is 1. The van der Waals surface area contributed by atoms with E-state index in [0.717, 1.165) is 12.1 Å². The van der Waals surface area contributed by atoms with E-state index in [1.807, 2.05) is 0 Å². The van der Waals surface area contributed by atoms with Gasteiger partial charge in [-0.05, 0) is 12.1 Å². The quantitative estimate of drug-likeness (QED) is 0.665. The molecule has 1 aromatic rings. The fourth-order valence-electron chi connectivity index (χ4n) is 1.06. The van der Waals surface area contributed by atoms with Gasteiger partial charge in [-0.1, -0.05) is 0 Å². The van der Waals surface area contributed by atoms with Gasteiger partial charge in [-0.2, -0.15) is 26.3 Å². The molecule has 0 unspecified atom stereocenters. The van der Waals surface area contributed by atoms with Crippen molar-refractivity contribution in [2.24, 2.45) is 0 Å². The zero-order valence-electron chi connectivity index (χ0n) is 8.44. The summed E-state index contributed by atoms with van der Waals surface area (Å²) >= 11 is 0. The van der Waals surface area contributed by atoms with Crippen molar-refractivity contribution in [1.82, 2.24) is 0 Å². The molecule has 0 atom stereocenters. The van der Waals surface area contributed by atoms with Crippen molar-refractivity contribution in [1.29, 1.82) is 0 Å². The SMILES string of the molecule is Nc1ccc(F)cc1OC(C(F)(F)F)C(F)(F)F.